The number of nitrogens with one attached hydrogen (secondary N) is 4. The zero-order chi connectivity index (χ0) is 40.3. The van der Waals surface area contributed by atoms with Crippen molar-refractivity contribution in [1.82, 2.24) is 50.6 Å². The molecule has 2 saturated heterocycles. The molecule has 0 radical (unpaired) electrons. The number of imidazole rings is 2. The lowest BCUT2D eigenvalue weighted by molar-refractivity contribution is -0.149. The van der Waals surface area contributed by atoms with Crippen LogP contribution in [0.2, 0.25) is 10.3 Å². The summed E-state index contributed by atoms with van der Waals surface area (Å²) in [5.41, 5.74) is 4.66. The van der Waals surface area contributed by atoms with E-state index >= 15 is 0 Å². The molecule has 6 rings (SSSR count). The summed E-state index contributed by atoms with van der Waals surface area (Å²) in [6.07, 6.45) is 0.703. The van der Waals surface area contributed by atoms with Crippen molar-refractivity contribution in [1.29, 1.82) is 0 Å². The molecule has 298 valence electrons. The summed E-state index contributed by atoms with van der Waals surface area (Å²) in [6, 6.07) is 13.4. The highest BCUT2D eigenvalue weighted by Gasteiger charge is 2.41. The summed E-state index contributed by atoms with van der Waals surface area (Å²) in [5.74, 6) is 0.573. The van der Waals surface area contributed by atoms with Crippen LogP contribution < -0.4 is 10.6 Å². The number of hydrogen-bond donors (Lipinski definition) is 4. The van der Waals surface area contributed by atoms with Crippen LogP contribution in [0, 0.1) is 0 Å². The monoisotopic (exact) mass is 808 g/mol. The maximum atomic E-state index is 13.5. The quantitative estimate of drug-likeness (QED) is 0.141. The Morgan fingerprint density at radius 2 is 1.02 bits per heavy atom. The fourth-order valence-corrected chi connectivity index (χ4v) is 7.68. The van der Waals surface area contributed by atoms with Crippen LogP contribution in [-0.4, -0.2) is 117 Å². The lowest BCUT2D eigenvalue weighted by Gasteiger charge is -2.32. The van der Waals surface area contributed by atoms with Crippen LogP contribution in [0.25, 0.3) is 33.6 Å². The molecule has 2 fully saturated rings. The third-order valence-electron chi connectivity index (χ3n) is 10.2. The number of benzene rings is 2. The Kier molecular flexibility index (Phi) is 12.5. The predicted octanol–water partition coefficient (Wildman–Crippen LogP) is 5.95. The predicted molar refractivity (Wildman–Crippen MR) is 210 cm³/mol. The van der Waals surface area contributed by atoms with Gasteiger partial charge in [0.15, 0.2) is 0 Å². The molecular formula is C38H46Cl2N10O6. The molecule has 2 aromatic heterocycles. The summed E-state index contributed by atoms with van der Waals surface area (Å²) in [4.78, 5) is 66.9. The molecule has 16 nitrogen and oxygen atoms in total. The zero-order valence-corrected chi connectivity index (χ0v) is 33.6. The van der Waals surface area contributed by atoms with Gasteiger partial charge in [-0.25, -0.2) is 29.6 Å². The van der Waals surface area contributed by atoms with Gasteiger partial charge in [-0.1, -0.05) is 85.6 Å². The number of methoxy groups -OCH3 is 2. The Bertz CT molecular complexity index is 1910. The van der Waals surface area contributed by atoms with Crippen LogP contribution in [0.4, 0.5) is 9.59 Å². The summed E-state index contributed by atoms with van der Waals surface area (Å²) >= 11 is 13.4. The van der Waals surface area contributed by atoms with Gasteiger partial charge in [-0.2, -0.15) is 0 Å². The molecule has 0 saturated carbocycles. The largest absolute Gasteiger partial charge is 0.453 e. The molecule has 4 N–H and O–H groups in total. The number of hydrogen-bond acceptors (Lipinski definition) is 10. The van der Waals surface area contributed by atoms with Gasteiger partial charge >= 0.3 is 12.2 Å². The van der Waals surface area contributed by atoms with Crippen LogP contribution in [0.1, 0.15) is 63.3 Å². The van der Waals surface area contributed by atoms with E-state index in [1.165, 1.54) is 14.2 Å². The highest BCUT2D eigenvalue weighted by atomic mass is 35.5. The maximum absolute atomic E-state index is 13.5. The minimum atomic E-state index is -0.758. The van der Waals surface area contributed by atoms with Crippen molar-refractivity contribution >= 4 is 47.2 Å². The van der Waals surface area contributed by atoms with E-state index in [-0.39, 0.29) is 11.8 Å². The summed E-state index contributed by atoms with van der Waals surface area (Å²) in [5, 5.41) is 12.8. The molecule has 0 bridgehead atoms. The number of alkyl carbamates (subject to hydrolysis) is 2. The van der Waals surface area contributed by atoms with Crippen molar-refractivity contribution in [2.75, 3.05) is 41.4 Å². The lowest BCUT2D eigenvalue weighted by atomic mass is 10.0. The van der Waals surface area contributed by atoms with E-state index in [0.717, 1.165) is 22.3 Å². The number of halogens is 2. The molecule has 18 heteroatoms. The number of ether oxygens (including phenoxy) is 2. The van der Waals surface area contributed by atoms with Gasteiger partial charge in [-0.3, -0.25) is 19.6 Å². The number of hydrazine groups is 2. The number of aromatic amines is 2. The number of rotatable bonds is 11. The van der Waals surface area contributed by atoms with Crippen molar-refractivity contribution in [2.45, 2.75) is 63.7 Å². The Morgan fingerprint density at radius 1 is 0.679 bits per heavy atom. The second-order valence-corrected chi connectivity index (χ2v) is 14.4. The van der Waals surface area contributed by atoms with Crippen molar-refractivity contribution in [2.24, 2.45) is 0 Å². The van der Waals surface area contributed by atoms with Gasteiger partial charge in [0.2, 0.25) is 0 Å². The molecule has 0 unspecified atom stereocenters. The maximum Gasteiger partial charge on any atom is 0.407 e. The van der Waals surface area contributed by atoms with Gasteiger partial charge in [0.25, 0.3) is 11.8 Å². The number of carbonyl (C=O) groups is 4. The Hall–Kier alpha value is -5.16. The minimum absolute atomic E-state index is 0.265. The van der Waals surface area contributed by atoms with Crippen LogP contribution >= 0.6 is 23.2 Å². The Morgan fingerprint density at radius 3 is 1.34 bits per heavy atom. The summed E-state index contributed by atoms with van der Waals surface area (Å²) < 4.78 is 9.42. The average molecular weight is 810 g/mol. The second kappa shape index (κ2) is 17.3. The van der Waals surface area contributed by atoms with E-state index in [1.54, 1.807) is 10.0 Å². The van der Waals surface area contributed by atoms with Crippen LogP contribution in [-0.2, 0) is 19.1 Å². The Labute approximate surface area is 334 Å². The van der Waals surface area contributed by atoms with Crippen molar-refractivity contribution in [3.05, 3.63) is 70.5 Å². The van der Waals surface area contributed by atoms with E-state index in [4.69, 9.17) is 42.6 Å². The van der Waals surface area contributed by atoms with Gasteiger partial charge < -0.3 is 30.1 Å². The van der Waals surface area contributed by atoms with E-state index < -0.39 is 36.4 Å². The molecule has 2 aromatic carbocycles. The number of H-pyrrole nitrogens is 2. The van der Waals surface area contributed by atoms with Crippen LogP contribution in [0.3, 0.4) is 0 Å². The van der Waals surface area contributed by atoms with E-state index in [0.29, 0.717) is 72.1 Å². The highest BCUT2D eigenvalue weighted by Crippen LogP contribution is 2.37. The minimum Gasteiger partial charge on any atom is -0.453 e. The lowest BCUT2D eigenvalue weighted by Crippen LogP contribution is -2.51. The molecule has 0 spiro atoms. The third-order valence-corrected chi connectivity index (χ3v) is 10.8. The Balaban J connectivity index is 1.16. The van der Waals surface area contributed by atoms with Crippen molar-refractivity contribution in [3.8, 4) is 33.6 Å². The van der Waals surface area contributed by atoms with Gasteiger partial charge in [0.1, 0.15) is 57.5 Å². The number of amides is 4. The fraction of sp³-hybridized carbons (Fsp3) is 0.421. The first-order valence-corrected chi connectivity index (χ1v) is 19.1. The molecule has 4 atom stereocenters. The molecule has 4 amide bonds. The molecule has 4 heterocycles. The second-order valence-electron chi connectivity index (χ2n) is 13.7. The van der Waals surface area contributed by atoms with Gasteiger partial charge in [0.05, 0.1) is 14.2 Å². The molecule has 56 heavy (non-hydrogen) atoms. The molecule has 4 aromatic rings. The summed E-state index contributed by atoms with van der Waals surface area (Å²) in [6.45, 7) is 4.88. The fourth-order valence-electron chi connectivity index (χ4n) is 7.18. The number of aromatic nitrogens is 4. The summed E-state index contributed by atoms with van der Waals surface area (Å²) in [7, 11) is 6.17. The topological polar surface area (TPSA) is 181 Å². The van der Waals surface area contributed by atoms with Crippen molar-refractivity contribution < 1.29 is 28.7 Å². The first-order chi connectivity index (χ1) is 26.9. The average Bonchev–Trinajstić information content (AvgIpc) is 4.00. The van der Waals surface area contributed by atoms with E-state index in [1.807, 2.05) is 86.5 Å². The third kappa shape index (κ3) is 8.19. The van der Waals surface area contributed by atoms with Crippen LogP contribution in [0.5, 0.6) is 0 Å². The first-order valence-electron chi connectivity index (χ1n) is 18.4. The SMILES string of the molecule is CC[C@H](NC(=O)OC)C(=O)N1[C@H](c2nc(-c3ccc(-c4ccc(-c5nc([C@@H]6CCN(C)N6C(=O)[C@H](CC)NC(=O)OC)[nH]c5Cl)cc4)cc3)c(Cl)[nH]2)CCN1C. The van der Waals surface area contributed by atoms with Gasteiger partial charge in [-0.15, -0.1) is 0 Å². The molecular weight excluding hydrogens is 763 g/mol. The van der Waals surface area contributed by atoms with E-state index in [9.17, 15) is 19.2 Å². The zero-order valence-electron chi connectivity index (χ0n) is 32.1. The molecule has 0 aliphatic carbocycles. The standard InChI is InChI=1S/C38H46Cl2N10O6/c1-7-25(41-37(53)55-5)35(51)49-27(17-19-47(49)3)33-43-29(31(39)45-33)23-13-9-21(10-14-23)22-11-15-24(16-12-22)30-32(40)46-34(44-30)28-18-20-48(4)50(28)36(52)26(8-2)42-38(54)56-6/h9-16,25-28H,7-8,17-20H2,1-6H3,(H,41,53)(H,42,54)(H,43,45)(H,44,46)/t25-,26-,27-,28-/m0/s1. The molecule has 2 aliphatic rings. The van der Waals surface area contributed by atoms with Crippen LogP contribution in [0.15, 0.2) is 48.5 Å². The molecule has 2 aliphatic heterocycles. The van der Waals surface area contributed by atoms with Gasteiger partial charge in [0, 0.05) is 38.3 Å². The van der Waals surface area contributed by atoms with Gasteiger partial charge in [-0.05, 0) is 36.8 Å². The smallest absolute Gasteiger partial charge is 0.407 e. The first kappa shape index (κ1) is 40.5. The number of nitrogens with zero attached hydrogens (tertiary/aromatic N) is 6. The number of carbonyl (C=O) groups excluding carboxylic acids is 4. The van der Waals surface area contributed by atoms with E-state index in [2.05, 4.69) is 20.6 Å². The normalized spacial score (nSPS) is 18.5. The van der Waals surface area contributed by atoms with Crippen molar-refractivity contribution in [3.63, 3.8) is 0 Å². The highest BCUT2D eigenvalue weighted by molar-refractivity contribution is 6.32.